The summed E-state index contributed by atoms with van der Waals surface area (Å²) in [6, 6.07) is 0. The van der Waals surface area contributed by atoms with Crippen molar-refractivity contribution in [1.82, 2.24) is 5.32 Å². The minimum absolute atomic E-state index is 0.304. The average molecular weight is 298 g/mol. The summed E-state index contributed by atoms with van der Waals surface area (Å²) in [5, 5.41) is 3.54. The van der Waals surface area contributed by atoms with Gasteiger partial charge in [-0.3, -0.25) is 5.32 Å². The van der Waals surface area contributed by atoms with Gasteiger partial charge in [-0.1, -0.05) is 90.9 Å². The number of hydrogen-bond acceptors (Lipinski definition) is 2. The Hall–Kier alpha value is -0.0800. The maximum Gasteiger partial charge on any atom is 0.0971 e. The van der Waals surface area contributed by atoms with Gasteiger partial charge in [-0.2, -0.15) is 0 Å². The first-order valence-corrected chi connectivity index (χ1v) is 9.66. The van der Waals surface area contributed by atoms with Crippen molar-refractivity contribution in [3.05, 3.63) is 0 Å². The van der Waals surface area contributed by atoms with Gasteiger partial charge in [-0.25, -0.2) is 0 Å². The Balaban J connectivity index is 1.80. The Morgan fingerprint density at radius 1 is 0.762 bits per heavy atom. The predicted molar refractivity (Wildman–Crippen MR) is 92.7 cm³/mol. The van der Waals surface area contributed by atoms with Gasteiger partial charge >= 0.3 is 0 Å². The molecule has 0 spiro atoms. The maximum atomic E-state index is 5.50. The molecule has 0 amide bonds. The molecular formula is C19H39NO. The van der Waals surface area contributed by atoms with Gasteiger partial charge in [0.2, 0.25) is 0 Å². The molecule has 1 heterocycles. The maximum absolute atomic E-state index is 5.50. The van der Waals surface area contributed by atoms with Gasteiger partial charge in [-0.05, 0) is 12.8 Å². The second-order valence-electron chi connectivity index (χ2n) is 6.94. The highest BCUT2D eigenvalue weighted by atomic mass is 16.5. The molecule has 1 saturated heterocycles. The topological polar surface area (TPSA) is 21.3 Å². The molecule has 21 heavy (non-hydrogen) atoms. The van der Waals surface area contributed by atoms with Crippen LogP contribution in [-0.2, 0) is 4.74 Å². The van der Waals surface area contributed by atoms with Crippen LogP contribution in [-0.4, -0.2) is 18.9 Å². The summed E-state index contributed by atoms with van der Waals surface area (Å²) in [6.07, 6.45) is 19.7. The monoisotopic (exact) mass is 297 g/mol. The minimum atomic E-state index is 0.304. The van der Waals surface area contributed by atoms with Crippen LogP contribution in [0.25, 0.3) is 0 Å². The molecule has 2 nitrogen and oxygen atoms in total. The highest BCUT2D eigenvalue weighted by Crippen LogP contribution is 2.23. The van der Waals surface area contributed by atoms with Crippen LogP contribution in [0.15, 0.2) is 0 Å². The van der Waals surface area contributed by atoms with Gasteiger partial charge in [0.05, 0.1) is 13.3 Å². The Labute approximate surface area is 133 Å². The van der Waals surface area contributed by atoms with E-state index in [2.05, 4.69) is 19.2 Å². The van der Waals surface area contributed by atoms with Crippen molar-refractivity contribution >= 4 is 0 Å². The van der Waals surface area contributed by atoms with E-state index < -0.39 is 0 Å². The van der Waals surface area contributed by atoms with Crippen molar-refractivity contribution in [3.63, 3.8) is 0 Å². The Morgan fingerprint density at radius 3 is 1.71 bits per heavy atom. The molecule has 126 valence electrons. The molecule has 0 aromatic rings. The third kappa shape index (κ3) is 8.83. The molecule has 1 rings (SSSR count). The fourth-order valence-corrected chi connectivity index (χ4v) is 3.37. The first-order valence-electron chi connectivity index (χ1n) is 9.66. The van der Waals surface area contributed by atoms with Gasteiger partial charge in [0.1, 0.15) is 0 Å². The zero-order valence-corrected chi connectivity index (χ0v) is 14.7. The van der Waals surface area contributed by atoms with Crippen molar-refractivity contribution in [2.75, 3.05) is 13.3 Å². The Bertz CT molecular complexity index is 224. The smallest absolute Gasteiger partial charge is 0.0971 e. The number of rotatable bonds is 14. The fraction of sp³-hybridized carbons (Fsp3) is 1.00. The van der Waals surface area contributed by atoms with Crippen molar-refractivity contribution in [3.8, 4) is 0 Å². The second-order valence-corrected chi connectivity index (χ2v) is 6.94. The van der Waals surface area contributed by atoms with Crippen LogP contribution in [0.2, 0.25) is 0 Å². The summed E-state index contributed by atoms with van der Waals surface area (Å²) in [6.45, 7) is 6.24. The van der Waals surface area contributed by atoms with E-state index in [0.717, 1.165) is 13.3 Å². The van der Waals surface area contributed by atoms with Crippen LogP contribution in [0.1, 0.15) is 104 Å². The van der Waals surface area contributed by atoms with E-state index in [4.69, 9.17) is 4.74 Å². The Kier molecular flexibility index (Phi) is 11.3. The molecule has 1 fully saturated rings. The number of nitrogens with one attached hydrogen (secondary N) is 1. The van der Waals surface area contributed by atoms with Crippen LogP contribution >= 0.6 is 0 Å². The Morgan fingerprint density at radius 2 is 1.29 bits per heavy atom. The predicted octanol–water partition coefficient (Wildman–Crippen LogP) is 5.80. The van der Waals surface area contributed by atoms with E-state index in [-0.39, 0.29) is 0 Å². The summed E-state index contributed by atoms with van der Waals surface area (Å²) in [4.78, 5) is 0. The van der Waals surface area contributed by atoms with Crippen LogP contribution in [0, 0.1) is 0 Å². The first-order chi connectivity index (χ1) is 10.3. The lowest BCUT2D eigenvalue weighted by molar-refractivity contribution is 0.171. The molecule has 1 N–H and O–H groups in total. The molecule has 1 atom stereocenters. The summed E-state index contributed by atoms with van der Waals surface area (Å²) in [5.74, 6) is 0. The normalized spacial score (nSPS) is 22.0. The molecule has 1 aliphatic heterocycles. The zero-order valence-electron chi connectivity index (χ0n) is 14.7. The standard InChI is InChI=1S/C19H39NO/c1-3-5-6-7-8-9-10-11-12-13-14-15-16-19(4-2)17-21-18-20-19/h20H,3-18H2,1-2H3. The number of ether oxygens (including phenoxy) is 1. The van der Waals surface area contributed by atoms with Crippen LogP contribution in [0.3, 0.4) is 0 Å². The van der Waals surface area contributed by atoms with E-state index in [1.807, 2.05) is 0 Å². The quantitative estimate of drug-likeness (QED) is 0.409. The summed E-state index contributed by atoms with van der Waals surface area (Å²) in [5.41, 5.74) is 0.304. The molecule has 0 bridgehead atoms. The second kappa shape index (κ2) is 12.5. The molecule has 0 radical (unpaired) electrons. The summed E-state index contributed by atoms with van der Waals surface area (Å²) in [7, 11) is 0. The lowest BCUT2D eigenvalue weighted by atomic mass is 9.90. The first kappa shape index (κ1) is 19.0. The largest absolute Gasteiger partial charge is 0.364 e. The average Bonchev–Trinajstić information content (AvgIpc) is 2.98. The molecule has 0 aliphatic carbocycles. The van der Waals surface area contributed by atoms with Crippen molar-refractivity contribution in [1.29, 1.82) is 0 Å². The molecule has 1 unspecified atom stereocenters. The number of unbranched alkanes of at least 4 members (excludes halogenated alkanes) is 11. The molecule has 0 saturated carbocycles. The summed E-state index contributed by atoms with van der Waals surface area (Å²) >= 11 is 0. The third-order valence-electron chi connectivity index (χ3n) is 5.11. The molecule has 2 heteroatoms. The van der Waals surface area contributed by atoms with Crippen LogP contribution < -0.4 is 5.32 Å². The van der Waals surface area contributed by atoms with Gasteiger partial charge < -0.3 is 4.74 Å². The summed E-state index contributed by atoms with van der Waals surface area (Å²) < 4.78 is 5.50. The molecule has 0 aromatic carbocycles. The van der Waals surface area contributed by atoms with E-state index in [1.165, 1.54) is 89.9 Å². The lowest BCUT2D eigenvalue weighted by Gasteiger charge is -2.26. The van der Waals surface area contributed by atoms with Gasteiger partial charge in [-0.15, -0.1) is 0 Å². The molecule has 0 aromatic heterocycles. The number of hydrogen-bond donors (Lipinski definition) is 1. The van der Waals surface area contributed by atoms with Crippen molar-refractivity contribution in [2.45, 2.75) is 109 Å². The molecular weight excluding hydrogens is 258 g/mol. The zero-order chi connectivity index (χ0) is 15.2. The highest BCUT2D eigenvalue weighted by molar-refractivity contribution is 4.88. The minimum Gasteiger partial charge on any atom is -0.364 e. The molecule has 1 aliphatic rings. The van der Waals surface area contributed by atoms with Gasteiger partial charge in [0.15, 0.2) is 0 Å². The van der Waals surface area contributed by atoms with Crippen molar-refractivity contribution in [2.24, 2.45) is 0 Å². The fourth-order valence-electron chi connectivity index (χ4n) is 3.37. The highest BCUT2D eigenvalue weighted by Gasteiger charge is 2.31. The van der Waals surface area contributed by atoms with E-state index >= 15 is 0 Å². The van der Waals surface area contributed by atoms with Crippen LogP contribution in [0.5, 0.6) is 0 Å². The van der Waals surface area contributed by atoms with E-state index in [1.54, 1.807) is 0 Å². The third-order valence-corrected chi connectivity index (χ3v) is 5.11. The lowest BCUT2D eigenvalue weighted by Crippen LogP contribution is -2.41. The SMILES string of the molecule is CCCCCCCCCCCCCCC1(CC)COCN1. The van der Waals surface area contributed by atoms with Gasteiger partial charge in [0, 0.05) is 5.54 Å². The van der Waals surface area contributed by atoms with Crippen LogP contribution in [0.4, 0.5) is 0 Å². The van der Waals surface area contributed by atoms with Gasteiger partial charge in [0.25, 0.3) is 0 Å². The van der Waals surface area contributed by atoms with Crippen molar-refractivity contribution < 1.29 is 4.74 Å². The van der Waals surface area contributed by atoms with E-state index in [9.17, 15) is 0 Å². The van der Waals surface area contributed by atoms with E-state index in [0.29, 0.717) is 5.54 Å².